The Morgan fingerprint density at radius 1 is 1.16 bits per heavy atom. The van der Waals surface area contributed by atoms with Gasteiger partial charge in [0.25, 0.3) is 11.8 Å². The van der Waals surface area contributed by atoms with Crippen molar-refractivity contribution in [2.45, 2.75) is 6.92 Å². The van der Waals surface area contributed by atoms with Gasteiger partial charge in [-0.15, -0.1) is 0 Å². The second-order valence-corrected chi connectivity index (χ2v) is 7.37. The Bertz CT molecular complexity index is 1130. The molecule has 1 saturated heterocycles. The maximum Gasteiger partial charge on any atom is 0.335 e. The van der Waals surface area contributed by atoms with Gasteiger partial charge in [0.15, 0.2) is 11.5 Å². The Morgan fingerprint density at radius 3 is 2.58 bits per heavy atom. The van der Waals surface area contributed by atoms with E-state index < -0.39 is 17.8 Å². The summed E-state index contributed by atoms with van der Waals surface area (Å²) in [4.78, 5) is 38.8. The van der Waals surface area contributed by atoms with Crippen LogP contribution in [0.2, 0.25) is 10.0 Å². The normalized spacial score (nSPS) is 15.2. The second-order valence-electron chi connectivity index (χ2n) is 6.52. The lowest BCUT2D eigenvalue weighted by molar-refractivity contribution is -0.122. The van der Waals surface area contributed by atoms with E-state index in [-0.39, 0.29) is 22.9 Å². The summed E-state index contributed by atoms with van der Waals surface area (Å²) in [5.41, 5.74) is 1.06. The molecule has 160 valence electrons. The van der Waals surface area contributed by atoms with Gasteiger partial charge < -0.3 is 9.47 Å². The van der Waals surface area contributed by atoms with Crippen molar-refractivity contribution in [3.63, 3.8) is 0 Å². The van der Waals surface area contributed by atoms with Crippen molar-refractivity contribution in [3.05, 3.63) is 69.7 Å². The third kappa shape index (κ3) is 4.57. The number of rotatable bonds is 6. The van der Waals surface area contributed by atoms with Crippen LogP contribution < -0.4 is 19.7 Å². The number of methoxy groups -OCH3 is 1. The summed E-state index contributed by atoms with van der Waals surface area (Å²) in [6.45, 7) is 5.52. The first-order valence-electron chi connectivity index (χ1n) is 9.05. The smallest absolute Gasteiger partial charge is 0.335 e. The maximum atomic E-state index is 13.1. The Morgan fingerprint density at radius 2 is 1.90 bits per heavy atom. The van der Waals surface area contributed by atoms with Crippen LogP contribution in [-0.4, -0.2) is 31.6 Å². The highest BCUT2D eigenvalue weighted by Crippen LogP contribution is 2.37. The highest BCUT2D eigenvalue weighted by atomic mass is 35.5. The second kappa shape index (κ2) is 9.24. The number of imide groups is 2. The first-order valence-corrected chi connectivity index (χ1v) is 9.81. The molecule has 4 amide bonds. The lowest BCUT2D eigenvalue weighted by Gasteiger charge is -2.27. The summed E-state index contributed by atoms with van der Waals surface area (Å²) in [5.74, 6) is -1.00. The molecule has 0 unspecified atom stereocenters. The minimum absolute atomic E-state index is 0.216. The van der Waals surface area contributed by atoms with Crippen LogP contribution in [0.15, 0.2) is 48.6 Å². The molecule has 1 aliphatic heterocycles. The van der Waals surface area contributed by atoms with E-state index >= 15 is 0 Å². The number of barbiturate groups is 1. The third-order valence-electron chi connectivity index (χ3n) is 4.42. The number of halogens is 2. The van der Waals surface area contributed by atoms with Crippen molar-refractivity contribution in [2.24, 2.45) is 0 Å². The fraction of sp³-hybridized carbons (Fsp3) is 0.136. The largest absolute Gasteiger partial charge is 0.493 e. The van der Waals surface area contributed by atoms with E-state index in [1.165, 1.54) is 25.3 Å². The Hall–Kier alpha value is -3.29. The van der Waals surface area contributed by atoms with Gasteiger partial charge in [-0.3, -0.25) is 14.9 Å². The summed E-state index contributed by atoms with van der Waals surface area (Å²) in [7, 11) is 1.43. The number of anilines is 1. The fourth-order valence-corrected chi connectivity index (χ4v) is 3.41. The molecule has 9 heteroatoms. The molecular weight excluding hydrogens is 443 g/mol. The number of hydrogen-bond acceptors (Lipinski definition) is 5. The first kappa shape index (κ1) is 22.4. The Labute approximate surface area is 188 Å². The van der Waals surface area contributed by atoms with Crippen LogP contribution in [0.25, 0.3) is 6.08 Å². The summed E-state index contributed by atoms with van der Waals surface area (Å²) in [6.07, 6.45) is 2.88. The van der Waals surface area contributed by atoms with Crippen molar-refractivity contribution < 1.29 is 23.9 Å². The number of aryl methyl sites for hydroxylation is 1. The Balaban J connectivity index is 2.05. The molecule has 0 saturated carbocycles. The van der Waals surface area contributed by atoms with Crippen LogP contribution in [-0.2, 0) is 9.59 Å². The molecule has 0 bridgehead atoms. The summed E-state index contributed by atoms with van der Waals surface area (Å²) in [6, 6.07) is 7.00. The van der Waals surface area contributed by atoms with E-state index in [2.05, 4.69) is 11.9 Å². The molecule has 2 aromatic carbocycles. The highest BCUT2D eigenvalue weighted by molar-refractivity contribution is 6.40. The van der Waals surface area contributed by atoms with Crippen molar-refractivity contribution in [3.8, 4) is 11.5 Å². The van der Waals surface area contributed by atoms with E-state index in [9.17, 15) is 14.4 Å². The predicted octanol–water partition coefficient (Wildman–Crippen LogP) is 4.54. The average molecular weight is 461 g/mol. The number of carbonyl (C=O) groups is 3. The van der Waals surface area contributed by atoms with Gasteiger partial charge in [0.1, 0.15) is 12.2 Å². The predicted molar refractivity (Wildman–Crippen MR) is 119 cm³/mol. The summed E-state index contributed by atoms with van der Waals surface area (Å²) in [5, 5.41) is 2.73. The molecule has 1 N–H and O–H groups in total. The number of benzene rings is 2. The SMILES string of the molecule is C=CCOc1c(Cl)cc(/C=C2\C(=O)NC(=O)N(c3cc(Cl)ccc3C)C2=O)cc1OC. The van der Waals surface area contributed by atoms with Gasteiger partial charge in [0, 0.05) is 5.02 Å². The molecule has 31 heavy (non-hydrogen) atoms. The standard InChI is InChI=1S/C22H18Cl2N2O5/c1-4-7-31-19-16(24)9-13(10-18(19)30-3)8-15-20(27)25-22(29)26(21(15)28)17-11-14(23)6-5-12(17)2/h4-6,8-11H,1,7H2,2-3H3,(H,25,27,29)/b15-8+. The number of hydrogen-bond donors (Lipinski definition) is 1. The number of nitrogens with one attached hydrogen (secondary N) is 1. The van der Waals surface area contributed by atoms with Gasteiger partial charge in [-0.25, -0.2) is 9.69 Å². The number of carbonyl (C=O) groups excluding carboxylic acids is 3. The van der Waals surface area contributed by atoms with E-state index in [0.717, 1.165) is 4.90 Å². The molecular formula is C22H18Cl2N2O5. The quantitative estimate of drug-likeness (QED) is 0.388. The first-order chi connectivity index (χ1) is 14.8. The van der Waals surface area contributed by atoms with Gasteiger partial charge in [-0.2, -0.15) is 0 Å². The average Bonchev–Trinajstić information content (AvgIpc) is 2.72. The van der Waals surface area contributed by atoms with Gasteiger partial charge in [0.05, 0.1) is 17.8 Å². The molecule has 3 rings (SSSR count). The molecule has 0 aromatic heterocycles. The highest BCUT2D eigenvalue weighted by Gasteiger charge is 2.37. The molecule has 1 heterocycles. The fourth-order valence-electron chi connectivity index (χ4n) is 2.97. The van der Waals surface area contributed by atoms with Crippen LogP contribution in [0.1, 0.15) is 11.1 Å². The van der Waals surface area contributed by atoms with Gasteiger partial charge in [0.2, 0.25) is 0 Å². The zero-order chi connectivity index (χ0) is 22.7. The van der Waals surface area contributed by atoms with E-state index in [1.54, 1.807) is 31.2 Å². The van der Waals surface area contributed by atoms with Crippen molar-refractivity contribution in [1.29, 1.82) is 0 Å². The molecule has 1 fully saturated rings. The molecule has 1 aliphatic rings. The van der Waals surface area contributed by atoms with E-state index in [1.807, 2.05) is 0 Å². The third-order valence-corrected chi connectivity index (χ3v) is 4.94. The van der Waals surface area contributed by atoms with Crippen LogP contribution in [0, 0.1) is 6.92 Å². The van der Waals surface area contributed by atoms with Crippen LogP contribution >= 0.6 is 23.2 Å². The van der Waals surface area contributed by atoms with Crippen molar-refractivity contribution in [1.82, 2.24) is 5.32 Å². The number of ether oxygens (including phenoxy) is 2. The summed E-state index contributed by atoms with van der Waals surface area (Å²) >= 11 is 12.3. The summed E-state index contributed by atoms with van der Waals surface area (Å²) < 4.78 is 10.8. The number of amides is 4. The molecule has 0 radical (unpaired) electrons. The lowest BCUT2D eigenvalue weighted by Crippen LogP contribution is -2.54. The number of nitrogens with zero attached hydrogens (tertiary/aromatic N) is 1. The van der Waals surface area contributed by atoms with Crippen LogP contribution in [0.3, 0.4) is 0 Å². The van der Waals surface area contributed by atoms with E-state index in [4.69, 9.17) is 32.7 Å². The zero-order valence-electron chi connectivity index (χ0n) is 16.7. The van der Waals surface area contributed by atoms with Crippen molar-refractivity contribution in [2.75, 3.05) is 18.6 Å². The van der Waals surface area contributed by atoms with Gasteiger partial charge in [-0.05, 0) is 48.4 Å². The van der Waals surface area contributed by atoms with E-state index in [0.29, 0.717) is 27.6 Å². The van der Waals surface area contributed by atoms with Crippen LogP contribution in [0.5, 0.6) is 11.5 Å². The molecule has 0 aliphatic carbocycles. The topological polar surface area (TPSA) is 84.9 Å². The van der Waals surface area contributed by atoms with Crippen LogP contribution in [0.4, 0.5) is 10.5 Å². The zero-order valence-corrected chi connectivity index (χ0v) is 18.2. The molecule has 2 aromatic rings. The van der Waals surface area contributed by atoms with Gasteiger partial charge in [-0.1, -0.05) is 41.9 Å². The maximum absolute atomic E-state index is 13.1. The minimum Gasteiger partial charge on any atom is -0.493 e. The Kier molecular flexibility index (Phi) is 6.68. The van der Waals surface area contributed by atoms with Crippen molar-refractivity contribution >= 4 is 52.8 Å². The monoisotopic (exact) mass is 460 g/mol. The van der Waals surface area contributed by atoms with Gasteiger partial charge >= 0.3 is 6.03 Å². The number of urea groups is 1. The molecule has 0 spiro atoms. The molecule has 0 atom stereocenters. The lowest BCUT2D eigenvalue weighted by atomic mass is 10.1. The molecule has 7 nitrogen and oxygen atoms in total. The minimum atomic E-state index is -0.860.